The first-order valence-electron chi connectivity index (χ1n) is 1.87. The Bertz CT molecular complexity index is 38.0. The normalized spacial score (nSPS) is 20.8. The van der Waals surface area contributed by atoms with Crippen LogP contribution in [0.15, 0.2) is 6.08 Å². The highest BCUT2D eigenvalue weighted by atomic mass is 13.9. The number of hydrogen-bond donors (Lipinski definition) is 0. The van der Waals surface area contributed by atoms with E-state index in [0.717, 1.165) is 12.8 Å². The summed E-state index contributed by atoms with van der Waals surface area (Å²) in [7, 11) is 0. The Kier molecular flexibility index (Phi) is 0.738. The molecule has 0 aliphatic heterocycles. The molecule has 5 heavy (non-hydrogen) atoms. The fourth-order valence-corrected chi connectivity index (χ4v) is 0.417. The van der Waals surface area contributed by atoms with Crippen molar-refractivity contribution in [2.24, 2.45) is 0 Å². The van der Waals surface area contributed by atoms with Crippen molar-refractivity contribution in [1.29, 1.82) is 0 Å². The topological polar surface area (TPSA) is 0 Å². The standard InChI is InChI=1S/C5H6/c1-2-4-5-3-1/h1,4H,2-3H2. The first kappa shape index (κ1) is 2.95. The van der Waals surface area contributed by atoms with Gasteiger partial charge in [-0.15, -0.1) is 0 Å². The summed E-state index contributed by atoms with van der Waals surface area (Å²) in [6.07, 6.45) is 9.50. The molecule has 0 heterocycles. The SMILES string of the molecule is [C]1=CC[CH]C1. The second-order valence-electron chi connectivity index (χ2n) is 1.14. The van der Waals surface area contributed by atoms with Gasteiger partial charge in [-0.3, -0.25) is 0 Å². The van der Waals surface area contributed by atoms with Gasteiger partial charge in [0.2, 0.25) is 0 Å². The zero-order chi connectivity index (χ0) is 3.54. The first-order valence-corrected chi connectivity index (χ1v) is 1.87. The van der Waals surface area contributed by atoms with Crippen LogP contribution in [0.1, 0.15) is 12.8 Å². The van der Waals surface area contributed by atoms with E-state index in [1.165, 1.54) is 0 Å². The molecular weight excluding hydrogens is 60.1 g/mol. The maximum absolute atomic E-state index is 3.04. The largest absolute Gasteiger partial charge is 0.0807 e. The Morgan fingerprint density at radius 3 is 2.80 bits per heavy atom. The summed E-state index contributed by atoms with van der Waals surface area (Å²) in [5.41, 5.74) is 0. The maximum Gasteiger partial charge on any atom is -0.0245 e. The Hall–Kier alpha value is -0.260. The Morgan fingerprint density at radius 1 is 1.60 bits per heavy atom. The van der Waals surface area contributed by atoms with E-state index in [9.17, 15) is 0 Å². The van der Waals surface area contributed by atoms with Crippen LogP contribution in [-0.2, 0) is 0 Å². The first-order chi connectivity index (χ1) is 2.50. The molecule has 0 spiro atoms. The minimum Gasteiger partial charge on any atom is -0.0807 e. The smallest absolute Gasteiger partial charge is 0.0245 e. The van der Waals surface area contributed by atoms with Gasteiger partial charge in [-0.2, -0.15) is 0 Å². The molecule has 26 valence electrons. The molecule has 0 aromatic rings. The van der Waals surface area contributed by atoms with Crippen molar-refractivity contribution in [2.75, 3.05) is 0 Å². The number of hydrogen-bond acceptors (Lipinski definition) is 0. The van der Waals surface area contributed by atoms with Crippen LogP contribution in [0.4, 0.5) is 0 Å². The lowest BCUT2D eigenvalue weighted by Gasteiger charge is -1.67. The van der Waals surface area contributed by atoms with Crippen LogP contribution in [0.2, 0.25) is 0 Å². The van der Waals surface area contributed by atoms with E-state index in [-0.39, 0.29) is 0 Å². The van der Waals surface area contributed by atoms with Gasteiger partial charge in [0, 0.05) is 0 Å². The zero-order valence-corrected chi connectivity index (χ0v) is 3.07. The summed E-state index contributed by atoms with van der Waals surface area (Å²) in [6.45, 7) is 0. The second-order valence-corrected chi connectivity index (χ2v) is 1.14. The number of allylic oxidation sites excluding steroid dienone is 2. The molecule has 1 aliphatic carbocycles. The van der Waals surface area contributed by atoms with Crippen LogP contribution >= 0.6 is 0 Å². The highest BCUT2D eigenvalue weighted by Gasteiger charge is 1.86. The molecule has 0 atom stereocenters. The molecule has 0 aromatic heterocycles. The highest BCUT2D eigenvalue weighted by Crippen LogP contribution is 2.02. The third kappa shape index (κ3) is 0.504. The molecular formula is C5H6. The maximum atomic E-state index is 3.04. The minimum absolute atomic E-state index is 1.07. The van der Waals surface area contributed by atoms with Gasteiger partial charge in [0.1, 0.15) is 0 Å². The Morgan fingerprint density at radius 2 is 2.60 bits per heavy atom. The van der Waals surface area contributed by atoms with Crippen LogP contribution in [0, 0.1) is 12.5 Å². The summed E-state index contributed by atoms with van der Waals surface area (Å²) in [6, 6.07) is 0. The van der Waals surface area contributed by atoms with E-state index >= 15 is 0 Å². The van der Waals surface area contributed by atoms with Crippen molar-refractivity contribution in [3.05, 3.63) is 18.6 Å². The molecule has 0 saturated heterocycles. The summed E-state index contributed by atoms with van der Waals surface area (Å²) in [5, 5.41) is 0. The predicted octanol–water partition coefficient (Wildman–Crippen LogP) is 1.34. The van der Waals surface area contributed by atoms with E-state index in [1.54, 1.807) is 0 Å². The molecule has 0 heteroatoms. The molecule has 0 unspecified atom stereocenters. The molecule has 2 radical (unpaired) electrons. The van der Waals surface area contributed by atoms with Crippen LogP contribution in [0.25, 0.3) is 0 Å². The van der Waals surface area contributed by atoms with Gasteiger partial charge in [0.25, 0.3) is 0 Å². The van der Waals surface area contributed by atoms with Gasteiger partial charge in [-0.05, 0) is 25.3 Å². The summed E-state index contributed by atoms with van der Waals surface area (Å²) < 4.78 is 0. The molecule has 0 aromatic carbocycles. The van der Waals surface area contributed by atoms with Crippen molar-refractivity contribution < 1.29 is 0 Å². The van der Waals surface area contributed by atoms with Crippen LogP contribution < -0.4 is 0 Å². The summed E-state index contributed by atoms with van der Waals surface area (Å²) in [4.78, 5) is 0. The van der Waals surface area contributed by atoms with Gasteiger partial charge in [0.15, 0.2) is 0 Å². The van der Waals surface area contributed by atoms with Crippen molar-refractivity contribution in [3.63, 3.8) is 0 Å². The van der Waals surface area contributed by atoms with E-state index in [4.69, 9.17) is 0 Å². The molecule has 0 nitrogen and oxygen atoms in total. The highest BCUT2D eigenvalue weighted by molar-refractivity contribution is 4.92. The monoisotopic (exact) mass is 66.0 g/mol. The van der Waals surface area contributed by atoms with Crippen molar-refractivity contribution in [1.82, 2.24) is 0 Å². The average Bonchev–Trinajstić information content (AvgIpc) is 1.76. The van der Waals surface area contributed by atoms with Gasteiger partial charge in [-0.25, -0.2) is 0 Å². The Labute approximate surface area is 32.5 Å². The molecule has 0 amide bonds. The Balaban J connectivity index is 2.32. The van der Waals surface area contributed by atoms with Crippen molar-refractivity contribution in [2.45, 2.75) is 12.8 Å². The van der Waals surface area contributed by atoms with Gasteiger partial charge in [-0.1, -0.05) is 6.08 Å². The summed E-state index contributed by atoms with van der Waals surface area (Å²) >= 11 is 0. The third-order valence-electron chi connectivity index (χ3n) is 0.691. The average molecular weight is 66.1 g/mol. The minimum atomic E-state index is 1.07. The van der Waals surface area contributed by atoms with E-state index in [2.05, 4.69) is 18.6 Å². The van der Waals surface area contributed by atoms with E-state index in [1.807, 2.05) is 0 Å². The third-order valence-corrected chi connectivity index (χ3v) is 0.691. The van der Waals surface area contributed by atoms with Crippen LogP contribution in [0.3, 0.4) is 0 Å². The molecule has 1 rings (SSSR count). The molecule has 0 fully saturated rings. The lowest BCUT2D eigenvalue weighted by atomic mass is 10.4. The molecule has 1 aliphatic rings. The van der Waals surface area contributed by atoms with Crippen molar-refractivity contribution >= 4 is 0 Å². The fourth-order valence-electron chi connectivity index (χ4n) is 0.417. The lowest BCUT2D eigenvalue weighted by molar-refractivity contribution is 1.18. The second kappa shape index (κ2) is 1.25. The van der Waals surface area contributed by atoms with E-state index in [0.29, 0.717) is 0 Å². The quantitative estimate of drug-likeness (QED) is 0.400. The van der Waals surface area contributed by atoms with E-state index < -0.39 is 0 Å². The predicted molar refractivity (Wildman–Crippen MR) is 21.3 cm³/mol. The fraction of sp³-hybridized carbons (Fsp3) is 0.400. The molecule has 0 N–H and O–H groups in total. The van der Waals surface area contributed by atoms with Crippen LogP contribution in [0.5, 0.6) is 0 Å². The van der Waals surface area contributed by atoms with Gasteiger partial charge < -0.3 is 0 Å². The van der Waals surface area contributed by atoms with Gasteiger partial charge >= 0.3 is 0 Å². The van der Waals surface area contributed by atoms with Gasteiger partial charge in [0.05, 0.1) is 0 Å². The molecule has 0 saturated carbocycles. The number of rotatable bonds is 0. The summed E-state index contributed by atoms with van der Waals surface area (Å²) in [5.74, 6) is 0. The van der Waals surface area contributed by atoms with Crippen LogP contribution in [-0.4, -0.2) is 0 Å². The lowest BCUT2D eigenvalue weighted by Crippen LogP contribution is -1.53. The zero-order valence-electron chi connectivity index (χ0n) is 3.07. The molecule has 0 bridgehead atoms. The van der Waals surface area contributed by atoms with Crippen molar-refractivity contribution in [3.8, 4) is 0 Å².